The van der Waals surface area contributed by atoms with Crippen LogP contribution in [0.25, 0.3) is 0 Å². The van der Waals surface area contributed by atoms with Crippen LogP contribution in [0.5, 0.6) is 0 Å². The van der Waals surface area contributed by atoms with Crippen LogP contribution < -0.4 is 21.5 Å². The summed E-state index contributed by atoms with van der Waals surface area (Å²) >= 11 is 0. The normalized spacial score (nSPS) is 10.4. The van der Waals surface area contributed by atoms with Crippen molar-refractivity contribution in [2.24, 2.45) is 0 Å². The Labute approximate surface area is 98.2 Å². The zero-order valence-corrected chi connectivity index (χ0v) is 9.49. The highest BCUT2D eigenvalue weighted by Gasteiger charge is 2.20. The van der Waals surface area contributed by atoms with Gasteiger partial charge in [-0.1, -0.05) is 6.92 Å². The van der Waals surface area contributed by atoms with Gasteiger partial charge in [0.2, 0.25) is 0 Å². The molecule has 0 fully saturated rings. The van der Waals surface area contributed by atoms with E-state index in [2.05, 4.69) is 15.6 Å². The third-order valence-electron chi connectivity index (χ3n) is 2.39. The Morgan fingerprint density at radius 3 is 2.65 bits per heavy atom. The van der Waals surface area contributed by atoms with Gasteiger partial charge in [-0.25, -0.2) is 0 Å². The maximum Gasteiger partial charge on any atom is 0.253 e. The maximum absolute atomic E-state index is 11.4. The molecule has 0 aliphatic carbocycles. The van der Waals surface area contributed by atoms with E-state index in [9.17, 15) is 9.59 Å². The average Bonchev–Trinajstić information content (AvgIpc) is 2.38. The number of pyridine rings is 1. The molecule has 1 aromatic heterocycles. The van der Waals surface area contributed by atoms with Gasteiger partial charge in [0.05, 0.1) is 11.9 Å². The second-order valence-corrected chi connectivity index (χ2v) is 3.70. The SMILES string of the molecule is CCCNc1c(Nc2cccnc2)c(=O)c1=O. The topological polar surface area (TPSA) is 71.1 Å². The summed E-state index contributed by atoms with van der Waals surface area (Å²) in [6, 6.07) is 3.54. The second kappa shape index (κ2) is 4.78. The van der Waals surface area contributed by atoms with Gasteiger partial charge in [-0.2, -0.15) is 0 Å². The summed E-state index contributed by atoms with van der Waals surface area (Å²) in [4.78, 5) is 26.7. The van der Waals surface area contributed by atoms with Crippen molar-refractivity contribution in [3.63, 3.8) is 0 Å². The van der Waals surface area contributed by atoms with Crippen molar-refractivity contribution < 1.29 is 0 Å². The summed E-state index contributed by atoms with van der Waals surface area (Å²) in [5.74, 6) is 0. The molecule has 5 nitrogen and oxygen atoms in total. The molecule has 0 unspecified atom stereocenters. The molecule has 88 valence electrons. The fourth-order valence-corrected chi connectivity index (χ4v) is 1.51. The van der Waals surface area contributed by atoms with Gasteiger partial charge in [0.25, 0.3) is 10.9 Å². The minimum atomic E-state index is -0.479. The van der Waals surface area contributed by atoms with Crippen molar-refractivity contribution >= 4 is 17.1 Å². The van der Waals surface area contributed by atoms with E-state index in [1.165, 1.54) is 0 Å². The summed E-state index contributed by atoms with van der Waals surface area (Å²) in [7, 11) is 0. The molecule has 0 saturated heterocycles. The summed E-state index contributed by atoms with van der Waals surface area (Å²) in [5.41, 5.74) is 0.466. The van der Waals surface area contributed by atoms with E-state index in [1.807, 2.05) is 6.92 Å². The second-order valence-electron chi connectivity index (χ2n) is 3.70. The van der Waals surface area contributed by atoms with E-state index in [4.69, 9.17) is 0 Å². The van der Waals surface area contributed by atoms with Gasteiger partial charge in [-0.05, 0) is 18.6 Å². The highest BCUT2D eigenvalue weighted by molar-refractivity contribution is 5.78. The van der Waals surface area contributed by atoms with Crippen molar-refractivity contribution in [1.29, 1.82) is 0 Å². The monoisotopic (exact) mass is 231 g/mol. The van der Waals surface area contributed by atoms with Crippen LogP contribution in [0.2, 0.25) is 0 Å². The number of anilines is 3. The molecule has 1 aromatic carbocycles. The Balaban J connectivity index is 2.19. The highest BCUT2D eigenvalue weighted by atomic mass is 16.2. The molecule has 17 heavy (non-hydrogen) atoms. The van der Waals surface area contributed by atoms with Gasteiger partial charge in [-0.3, -0.25) is 14.6 Å². The van der Waals surface area contributed by atoms with Crippen LogP contribution in [-0.4, -0.2) is 11.5 Å². The van der Waals surface area contributed by atoms with E-state index in [-0.39, 0.29) is 0 Å². The van der Waals surface area contributed by atoms with E-state index in [0.29, 0.717) is 23.6 Å². The Bertz CT molecular complexity index is 571. The predicted molar refractivity (Wildman–Crippen MR) is 67.7 cm³/mol. The van der Waals surface area contributed by atoms with E-state index in [1.54, 1.807) is 24.5 Å². The molecule has 0 atom stereocenters. The summed E-state index contributed by atoms with van der Waals surface area (Å²) < 4.78 is 0. The molecule has 2 rings (SSSR count). The van der Waals surface area contributed by atoms with Gasteiger partial charge in [0, 0.05) is 12.7 Å². The molecule has 0 aliphatic rings. The first-order chi connectivity index (χ1) is 8.24. The zero-order chi connectivity index (χ0) is 12.3. The minimum absolute atomic E-state index is 0.330. The van der Waals surface area contributed by atoms with Crippen LogP contribution in [0, 0.1) is 0 Å². The molecule has 2 N–H and O–H groups in total. The molecule has 0 amide bonds. The highest BCUT2D eigenvalue weighted by Crippen LogP contribution is 2.19. The first-order valence-corrected chi connectivity index (χ1v) is 5.48. The number of nitrogens with one attached hydrogen (secondary N) is 2. The molecule has 0 saturated carbocycles. The van der Waals surface area contributed by atoms with Crippen molar-refractivity contribution in [2.75, 3.05) is 17.2 Å². The minimum Gasteiger partial charge on any atom is -0.380 e. The zero-order valence-electron chi connectivity index (χ0n) is 9.49. The van der Waals surface area contributed by atoms with Crippen LogP contribution in [-0.2, 0) is 0 Å². The molecule has 2 aromatic rings. The quantitative estimate of drug-likeness (QED) is 0.758. The lowest BCUT2D eigenvalue weighted by Crippen LogP contribution is -2.36. The molecule has 0 spiro atoms. The lowest BCUT2D eigenvalue weighted by molar-refractivity contribution is 0.974. The lowest BCUT2D eigenvalue weighted by Gasteiger charge is -2.13. The van der Waals surface area contributed by atoms with Gasteiger partial charge in [0.15, 0.2) is 0 Å². The van der Waals surface area contributed by atoms with E-state index < -0.39 is 10.9 Å². The number of nitrogens with zero attached hydrogens (tertiary/aromatic N) is 1. The Hall–Kier alpha value is -2.17. The molecular formula is C12H13N3O2. The molecule has 1 heterocycles. The molecular weight excluding hydrogens is 218 g/mol. The largest absolute Gasteiger partial charge is 0.380 e. The van der Waals surface area contributed by atoms with Crippen molar-refractivity contribution in [2.45, 2.75) is 13.3 Å². The van der Waals surface area contributed by atoms with Gasteiger partial charge in [-0.15, -0.1) is 0 Å². The van der Waals surface area contributed by atoms with Crippen LogP contribution in [0.15, 0.2) is 34.1 Å². The fraction of sp³-hybridized carbons (Fsp3) is 0.250. The van der Waals surface area contributed by atoms with Crippen molar-refractivity contribution in [1.82, 2.24) is 4.98 Å². The van der Waals surface area contributed by atoms with Crippen molar-refractivity contribution in [3.8, 4) is 0 Å². The van der Waals surface area contributed by atoms with Crippen LogP contribution in [0.4, 0.5) is 17.1 Å². The number of hydrogen-bond donors (Lipinski definition) is 2. The number of rotatable bonds is 5. The molecule has 0 bridgehead atoms. The van der Waals surface area contributed by atoms with E-state index >= 15 is 0 Å². The predicted octanol–water partition coefficient (Wildman–Crippen LogP) is 1.24. The smallest absolute Gasteiger partial charge is 0.253 e. The van der Waals surface area contributed by atoms with Crippen LogP contribution in [0.1, 0.15) is 13.3 Å². The molecule has 0 aliphatic heterocycles. The van der Waals surface area contributed by atoms with Gasteiger partial charge in [0.1, 0.15) is 11.4 Å². The lowest BCUT2D eigenvalue weighted by atomic mass is 10.2. The standard InChI is InChI=1S/C12H13N3O2/c1-2-5-14-9-10(12(17)11(9)16)15-8-4-3-6-13-7-8/h3-4,6-7,14-15H,2,5H2,1H3. The van der Waals surface area contributed by atoms with Crippen molar-refractivity contribution in [3.05, 3.63) is 45.0 Å². The Morgan fingerprint density at radius 1 is 1.24 bits per heavy atom. The first-order valence-electron chi connectivity index (χ1n) is 5.48. The average molecular weight is 231 g/mol. The summed E-state index contributed by atoms with van der Waals surface area (Å²) in [5, 5.41) is 5.85. The van der Waals surface area contributed by atoms with Crippen LogP contribution >= 0.6 is 0 Å². The van der Waals surface area contributed by atoms with Gasteiger partial charge < -0.3 is 10.6 Å². The number of aromatic nitrogens is 1. The summed E-state index contributed by atoms with van der Waals surface area (Å²) in [6.07, 6.45) is 4.13. The summed E-state index contributed by atoms with van der Waals surface area (Å²) in [6.45, 7) is 2.67. The Morgan fingerprint density at radius 2 is 2.00 bits per heavy atom. The third-order valence-corrected chi connectivity index (χ3v) is 2.39. The maximum atomic E-state index is 11.4. The molecule has 5 heteroatoms. The first kappa shape index (κ1) is 11.3. The Kier molecular flexibility index (Phi) is 3.18. The third kappa shape index (κ3) is 2.18. The van der Waals surface area contributed by atoms with E-state index in [0.717, 1.165) is 6.42 Å². The van der Waals surface area contributed by atoms with Crippen LogP contribution in [0.3, 0.4) is 0 Å². The number of hydrogen-bond acceptors (Lipinski definition) is 5. The van der Waals surface area contributed by atoms with Gasteiger partial charge >= 0.3 is 0 Å². The molecule has 0 radical (unpaired) electrons. The fourth-order valence-electron chi connectivity index (χ4n) is 1.51.